The van der Waals surface area contributed by atoms with Crippen LogP contribution in [-0.4, -0.2) is 26.2 Å². The molecule has 0 radical (unpaired) electrons. The van der Waals surface area contributed by atoms with Gasteiger partial charge in [0.15, 0.2) is 0 Å². The Morgan fingerprint density at radius 2 is 1.31 bits per heavy atom. The van der Waals surface area contributed by atoms with Gasteiger partial charge in [-0.1, -0.05) is 24.3 Å². The third-order valence-corrected chi connectivity index (χ3v) is 2.93. The first-order chi connectivity index (χ1) is 7.51. The molecule has 0 bridgehead atoms. The Bertz CT molecular complexity index is 309. The summed E-state index contributed by atoms with van der Waals surface area (Å²) in [5.74, 6) is -1.81. The van der Waals surface area contributed by atoms with Crippen LogP contribution in [0.3, 0.4) is 0 Å². The molecule has 0 aromatic heterocycles. The van der Waals surface area contributed by atoms with Gasteiger partial charge in [0, 0.05) is 0 Å². The lowest BCUT2D eigenvalue weighted by Gasteiger charge is -2.30. The first kappa shape index (κ1) is 12.5. The summed E-state index contributed by atoms with van der Waals surface area (Å²) in [4.78, 5) is 23.1. The van der Waals surface area contributed by atoms with Crippen molar-refractivity contribution in [2.24, 2.45) is 11.8 Å². The molecule has 4 heteroatoms. The second kappa shape index (κ2) is 4.96. The van der Waals surface area contributed by atoms with Gasteiger partial charge in [-0.25, -0.2) is 0 Å². The smallest absolute Gasteiger partial charge is 0.309 e. The minimum atomic E-state index is -0.504. The first-order valence-corrected chi connectivity index (χ1v) is 5.02. The van der Waals surface area contributed by atoms with Crippen LogP contribution in [-0.2, 0) is 19.1 Å². The predicted octanol–water partition coefficient (Wildman–Crippen LogP) is 1.47. The zero-order valence-corrected chi connectivity index (χ0v) is 9.62. The molecule has 1 saturated carbocycles. The van der Waals surface area contributed by atoms with Crippen LogP contribution in [0.2, 0.25) is 0 Å². The number of carbonyl (C=O) groups excluding carboxylic acids is 2. The van der Waals surface area contributed by atoms with Crippen molar-refractivity contribution >= 4 is 11.9 Å². The minimum Gasteiger partial charge on any atom is -0.469 e. The molecule has 2 atom stereocenters. The largest absolute Gasteiger partial charge is 0.469 e. The zero-order chi connectivity index (χ0) is 12.3. The van der Waals surface area contributed by atoms with Gasteiger partial charge in [0.05, 0.1) is 26.1 Å². The van der Waals surface area contributed by atoms with Crippen molar-refractivity contribution in [1.82, 2.24) is 0 Å². The summed E-state index contributed by atoms with van der Waals surface area (Å²) >= 11 is 0. The van der Waals surface area contributed by atoms with Crippen molar-refractivity contribution in [2.75, 3.05) is 14.2 Å². The summed E-state index contributed by atoms with van der Waals surface area (Å²) < 4.78 is 9.36. The Hall–Kier alpha value is -1.58. The molecular formula is C12H16O4. The van der Waals surface area contributed by atoms with Crippen LogP contribution in [0.5, 0.6) is 0 Å². The molecule has 1 rings (SSSR count). The van der Waals surface area contributed by atoms with E-state index in [-0.39, 0.29) is 0 Å². The summed E-state index contributed by atoms with van der Waals surface area (Å²) in [6.45, 7) is 7.64. The van der Waals surface area contributed by atoms with Gasteiger partial charge in [-0.05, 0) is 12.8 Å². The van der Waals surface area contributed by atoms with Gasteiger partial charge in [0.1, 0.15) is 0 Å². The molecule has 1 aliphatic carbocycles. The van der Waals surface area contributed by atoms with Crippen molar-refractivity contribution in [3.05, 3.63) is 24.3 Å². The van der Waals surface area contributed by atoms with E-state index in [9.17, 15) is 9.59 Å². The summed E-state index contributed by atoms with van der Waals surface area (Å²) in [5, 5.41) is 0. The molecule has 0 aromatic carbocycles. The number of esters is 2. The van der Waals surface area contributed by atoms with Crippen LogP contribution in [0.25, 0.3) is 0 Å². The van der Waals surface area contributed by atoms with E-state index in [4.69, 9.17) is 0 Å². The molecular weight excluding hydrogens is 208 g/mol. The van der Waals surface area contributed by atoms with Crippen LogP contribution in [0.4, 0.5) is 0 Å². The summed E-state index contributed by atoms with van der Waals surface area (Å²) in [6, 6.07) is 0. The standard InChI is InChI=1S/C12H16O4/c1-7-5-9(11(13)15-3)10(6-8(7)2)12(14)16-4/h9-10H,1-2,5-6H2,3-4H3/t9-,10-/m0/s1. The second-order valence-electron chi connectivity index (χ2n) is 3.87. The third kappa shape index (κ3) is 2.32. The Balaban J connectivity index is 2.92. The number of methoxy groups -OCH3 is 2. The van der Waals surface area contributed by atoms with Crippen molar-refractivity contribution in [3.63, 3.8) is 0 Å². The molecule has 0 aromatic rings. The molecule has 0 spiro atoms. The Labute approximate surface area is 94.9 Å². The number of hydrogen-bond donors (Lipinski definition) is 0. The second-order valence-corrected chi connectivity index (χ2v) is 3.87. The van der Waals surface area contributed by atoms with E-state index in [0.717, 1.165) is 11.1 Å². The molecule has 0 unspecified atom stereocenters. The summed E-state index contributed by atoms with van der Waals surface area (Å²) in [7, 11) is 2.62. The Morgan fingerprint density at radius 3 is 1.56 bits per heavy atom. The van der Waals surface area contributed by atoms with Gasteiger partial charge in [0.25, 0.3) is 0 Å². The van der Waals surface area contributed by atoms with Gasteiger partial charge in [-0.3, -0.25) is 9.59 Å². The number of hydrogen-bond acceptors (Lipinski definition) is 4. The highest BCUT2D eigenvalue weighted by molar-refractivity contribution is 5.83. The number of allylic oxidation sites excluding steroid dienone is 2. The first-order valence-electron chi connectivity index (χ1n) is 5.02. The SMILES string of the molecule is C=C1C[C@H](C(=O)OC)[C@@H](C(=O)OC)CC1=C. The molecule has 0 amide bonds. The highest BCUT2D eigenvalue weighted by Gasteiger charge is 2.39. The quantitative estimate of drug-likeness (QED) is 0.666. The van der Waals surface area contributed by atoms with E-state index in [1.807, 2.05) is 0 Å². The van der Waals surface area contributed by atoms with Crippen LogP contribution in [0.1, 0.15) is 12.8 Å². The highest BCUT2D eigenvalue weighted by Crippen LogP contribution is 2.36. The molecule has 1 fully saturated rings. The average Bonchev–Trinajstić information content (AvgIpc) is 2.30. The number of carbonyl (C=O) groups is 2. The van der Waals surface area contributed by atoms with Crippen LogP contribution in [0, 0.1) is 11.8 Å². The average molecular weight is 224 g/mol. The minimum absolute atomic E-state index is 0.399. The van der Waals surface area contributed by atoms with Gasteiger partial charge in [-0.15, -0.1) is 0 Å². The Kier molecular flexibility index (Phi) is 3.88. The van der Waals surface area contributed by atoms with Crippen LogP contribution in [0.15, 0.2) is 24.3 Å². The van der Waals surface area contributed by atoms with Crippen molar-refractivity contribution in [1.29, 1.82) is 0 Å². The fourth-order valence-electron chi connectivity index (χ4n) is 1.90. The lowest BCUT2D eigenvalue weighted by atomic mass is 9.75. The Morgan fingerprint density at radius 1 is 1.00 bits per heavy atom. The fraction of sp³-hybridized carbons (Fsp3) is 0.500. The van der Waals surface area contributed by atoms with E-state index in [2.05, 4.69) is 22.6 Å². The van der Waals surface area contributed by atoms with E-state index < -0.39 is 23.8 Å². The monoisotopic (exact) mass is 224 g/mol. The summed E-state index contributed by atoms with van der Waals surface area (Å²) in [5.41, 5.74) is 1.60. The molecule has 0 N–H and O–H groups in total. The van der Waals surface area contributed by atoms with E-state index in [1.165, 1.54) is 14.2 Å². The molecule has 0 heterocycles. The normalized spacial score (nSPS) is 25.1. The van der Waals surface area contributed by atoms with Crippen molar-refractivity contribution < 1.29 is 19.1 Å². The predicted molar refractivity (Wildman–Crippen MR) is 58.5 cm³/mol. The number of ether oxygens (including phenoxy) is 2. The van der Waals surface area contributed by atoms with E-state index in [1.54, 1.807) is 0 Å². The number of rotatable bonds is 2. The molecule has 1 aliphatic rings. The lowest BCUT2D eigenvalue weighted by Crippen LogP contribution is -2.35. The topological polar surface area (TPSA) is 52.6 Å². The molecule has 16 heavy (non-hydrogen) atoms. The zero-order valence-electron chi connectivity index (χ0n) is 9.62. The molecule has 88 valence electrons. The van der Waals surface area contributed by atoms with E-state index >= 15 is 0 Å². The maximum atomic E-state index is 11.5. The lowest BCUT2D eigenvalue weighted by molar-refractivity contribution is -0.158. The van der Waals surface area contributed by atoms with Gasteiger partial charge >= 0.3 is 11.9 Å². The van der Waals surface area contributed by atoms with Gasteiger partial charge in [0.2, 0.25) is 0 Å². The van der Waals surface area contributed by atoms with Crippen molar-refractivity contribution in [2.45, 2.75) is 12.8 Å². The fourth-order valence-corrected chi connectivity index (χ4v) is 1.90. The van der Waals surface area contributed by atoms with Crippen molar-refractivity contribution in [3.8, 4) is 0 Å². The molecule has 0 aliphatic heterocycles. The third-order valence-electron chi connectivity index (χ3n) is 2.93. The van der Waals surface area contributed by atoms with Crippen LogP contribution >= 0.6 is 0 Å². The van der Waals surface area contributed by atoms with Gasteiger partial charge < -0.3 is 9.47 Å². The maximum absolute atomic E-state index is 11.5. The maximum Gasteiger partial charge on any atom is 0.309 e. The highest BCUT2D eigenvalue weighted by atomic mass is 16.5. The van der Waals surface area contributed by atoms with E-state index in [0.29, 0.717) is 12.8 Å². The van der Waals surface area contributed by atoms with Gasteiger partial charge in [-0.2, -0.15) is 0 Å². The molecule has 4 nitrogen and oxygen atoms in total. The molecule has 0 saturated heterocycles. The van der Waals surface area contributed by atoms with Crippen LogP contribution < -0.4 is 0 Å². The summed E-state index contributed by atoms with van der Waals surface area (Å²) in [6.07, 6.45) is 0.816.